The Kier molecular flexibility index (Phi) is 6.26. The molecule has 0 aliphatic carbocycles. The quantitative estimate of drug-likeness (QED) is 0.869. The van der Waals surface area contributed by atoms with Crippen LogP contribution in [-0.4, -0.2) is 55.6 Å². The molecule has 5 nitrogen and oxygen atoms in total. The Morgan fingerprint density at radius 3 is 2.69 bits per heavy atom. The zero-order chi connectivity index (χ0) is 18.4. The molecule has 1 fully saturated rings. The lowest BCUT2D eigenvalue weighted by atomic mass is 10.0. The average Bonchev–Trinajstić information content (AvgIpc) is 2.63. The Morgan fingerprint density at radius 1 is 1.12 bits per heavy atom. The van der Waals surface area contributed by atoms with Crippen LogP contribution in [0.25, 0.3) is 0 Å². The maximum absolute atomic E-state index is 12.1. The van der Waals surface area contributed by atoms with E-state index in [9.17, 15) is 4.79 Å². The van der Waals surface area contributed by atoms with Crippen molar-refractivity contribution in [2.75, 3.05) is 45.1 Å². The van der Waals surface area contributed by atoms with Crippen LogP contribution in [0.15, 0.2) is 54.6 Å². The predicted molar refractivity (Wildman–Crippen MR) is 106 cm³/mol. The topological polar surface area (TPSA) is 47.6 Å². The summed E-state index contributed by atoms with van der Waals surface area (Å²) in [6, 6.07) is 18.7. The first-order chi connectivity index (χ1) is 12.6. The van der Waals surface area contributed by atoms with E-state index in [1.54, 1.807) is 0 Å². The van der Waals surface area contributed by atoms with Gasteiger partial charge in [-0.2, -0.15) is 0 Å². The highest BCUT2D eigenvalue weighted by molar-refractivity contribution is 5.89. The van der Waals surface area contributed by atoms with Crippen LogP contribution in [0.5, 0.6) is 0 Å². The van der Waals surface area contributed by atoms with E-state index in [1.807, 2.05) is 31.2 Å². The SMILES string of the molecule is Cc1cccc(NC(=O)NCCN2CCN(C)CC2c2ccccc2)c1. The highest BCUT2D eigenvalue weighted by atomic mass is 16.2. The van der Waals surface area contributed by atoms with Crippen LogP contribution < -0.4 is 10.6 Å². The summed E-state index contributed by atoms with van der Waals surface area (Å²) in [5, 5.41) is 5.87. The van der Waals surface area contributed by atoms with Crippen molar-refractivity contribution in [2.45, 2.75) is 13.0 Å². The summed E-state index contributed by atoms with van der Waals surface area (Å²) in [4.78, 5) is 16.9. The van der Waals surface area contributed by atoms with Gasteiger partial charge in [-0.3, -0.25) is 4.90 Å². The minimum atomic E-state index is -0.152. The van der Waals surface area contributed by atoms with Gasteiger partial charge in [0.2, 0.25) is 0 Å². The lowest BCUT2D eigenvalue weighted by molar-refractivity contribution is 0.0913. The second-order valence-corrected chi connectivity index (χ2v) is 6.98. The van der Waals surface area contributed by atoms with Crippen molar-refractivity contribution in [3.8, 4) is 0 Å². The van der Waals surface area contributed by atoms with E-state index < -0.39 is 0 Å². The molecule has 0 radical (unpaired) electrons. The van der Waals surface area contributed by atoms with Gasteiger partial charge in [-0.05, 0) is 37.2 Å². The molecular weight excluding hydrogens is 324 g/mol. The summed E-state index contributed by atoms with van der Waals surface area (Å²) in [6.45, 7) is 6.56. The van der Waals surface area contributed by atoms with Gasteiger partial charge in [0.05, 0.1) is 0 Å². The Hall–Kier alpha value is -2.37. The third kappa shape index (κ3) is 5.07. The maximum atomic E-state index is 12.1. The van der Waals surface area contributed by atoms with Crippen molar-refractivity contribution in [1.82, 2.24) is 15.1 Å². The van der Waals surface area contributed by atoms with Gasteiger partial charge in [-0.25, -0.2) is 4.79 Å². The van der Waals surface area contributed by atoms with Gasteiger partial charge < -0.3 is 15.5 Å². The van der Waals surface area contributed by atoms with Crippen LogP contribution in [-0.2, 0) is 0 Å². The van der Waals surface area contributed by atoms with Gasteiger partial charge in [-0.15, -0.1) is 0 Å². The monoisotopic (exact) mass is 352 g/mol. The number of urea groups is 1. The standard InChI is InChI=1S/C21H28N4O/c1-17-7-6-10-19(15-17)23-21(26)22-11-12-25-14-13-24(2)16-20(25)18-8-4-3-5-9-18/h3-10,15,20H,11-14,16H2,1-2H3,(H2,22,23,26). The number of nitrogens with one attached hydrogen (secondary N) is 2. The van der Waals surface area contributed by atoms with Gasteiger partial charge in [-0.1, -0.05) is 42.5 Å². The van der Waals surface area contributed by atoms with Gasteiger partial charge in [0.25, 0.3) is 0 Å². The molecule has 2 aromatic carbocycles. The number of anilines is 1. The second-order valence-electron chi connectivity index (χ2n) is 6.98. The molecule has 0 saturated carbocycles. The fraction of sp³-hybridized carbons (Fsp3) is 0.381. The van der Waals surface area contributed by atoms with E-state index >= 15 is 0 Å². The normalized spacial score (nSPS) is 18.5. The molecule has 26 heavy (non-hydrogen) atoms. The first-order valence-electron chi connectivity index (χ1n) is 9.21. The number of nitrogens with zero attached hydrogens (tertiary/aromatic N) is 2. The molecule has 1 aliphatic heterocycles. The third-order valence-corrected chi connectivity index (χ3v) is 4.84. The van der Waals surface area contributed by atoms with Crippen LogP contribution in [0.4, 0.5) is 10.5 Å². The van der Waals surface area contributed by atoms with E-state index in [1.165, 1.54) is 5.56 Å². The number of benzene rings is 2. The van der Waals surface area contributed by atoms with E-state index in [0.29, 0.717) is 12.6 Å². The molecule has 138 valence electrons. The number of amides is 2. The van der Waals surface area contributed by atoms with Gasteiger partial charge in [0, 0.05) is 44.5 Å². The Morgan fingerprint density at radius 2 is 1.92 bits per heavy atom. The van der Waals surface area contributed by atoms with Crippen LogP contribution in [0, 0.1) is 6.92 Å². The highest BCUT2D eigenvalue weighted by Gasteiger charge is 2.26. The van der Waals surface area contributed by atoms with Crippen molar-refractivity contribution in [3.63, 3.8) is 0 Å². The molecule has 2 N–H and O–H groups in total. The molecule has 0 spiro atoms. The second kappa shape index (κ2) is 8.83. The molecule has 3 rings (SSSR count). The molecular formula is C21H28N4O. The number of carbonyl (C=O) groups is 1. The number of carbonyl (C=O) groups excluding carboxylic acids is 1. The van der Waals surface area contributed by atoms with Gasteiger partial charge in [0.15, 0.2) is 0 Å². The number of rotatable bonds is 5. The first kappa shape index (κ1) is 18.4. The van der Waals surface area contributed by atoms with Gasteiger partial charge >= 0.3 is 6.03 Å². The van der Waals surface area contributed by atoms with E-state index in [0.717, 1.165) is 37.4 Å². The summed E-state index contributed by atoms with van der Waals surface area (Å²) < 4.78 is 0. The van der Waals surface area contributed by atoms with Crippen LogP contribution in [0.1, 0.15) is 17.2 Å². The summed E-state index contributed by atoms with van der Waals surface area (Å²) >= 11 is 0. The van der Waals surface area contributed by atoms with Crippen molar-refractivity contribution in [1.29, 1.82) is 0 Å². The Bertz CT molecular complexity index is 719. The summed E-state index contributed by atoms with van der Waals surface area (Å²) in [5.41, 5.74) is 3.29. The largest absolute Gasteiger partial charge is 0.337 e. The van der Waals surface area contributed by atoms with Crippen molar-refractivity contribution >= 4 is 11.7 Å². The van der Waals surface area contributed by atoms with Crippen molar-refractivity contribution in [2.24, 2.45) is 0 Å². The number of aryl methyl sites for hydroxylation is 1. The Balaban J connectivity index is 1.51. The molecule has 1 atom stereocenters. The molecule has 2 amide bonds. The first-order valence-corrected chi connectivity index (χ1v) is 9.21. The zero-order valence-corrected chi connectivity index (χ0v) is 15.6. The van der Waals surface area contributed by atoms with E-state index in [4.69, 9.17) is 0 Å². The smallest absolute Gasteiger partial charge is 0.319 e. The molecule has 2 aromatic rings. The maximum Gasteiger partial charge on any atom is 0.319 e. The number of hydrogen-bond donors (Lipinski definition) is 2. The molecule has 0 bridgehead atoms. The number of piperazine rings is 1. The fourth-order valence-electron chi connectivity index (χ4n) is 3.43. The summed E-state index contributed by atoms with van der Waals surface area (Å²) in [7, 11) is 2.17. The van der Waals surface area contributed by atoms with Crippen molar-refractivity contribution < 1.29 is 4.79 Å². The molecule has 5 heteroatoms. The van der Waals surface area contributed by atoms with Crippen LogP contribution in [0.2, 0.25) is 0 Å². The van der Waals surface area contributed by atoms with E-state index in [-0.39, 0.29) is 6.03 Å². The van der Waals surface area contributed by atoms with Crippen molar-refractivity contribution in [3.05, 3.63) is 65.7 Å². The Labute approximate surface area is 156 Å². The average molecular weight is 352 g/mol. The lowest BCUT2D eigenvalue weighted by Gasteiger charge is -2.40. The molecule has 1 unspecified atom stereocenters. The number of hydrogen-bond acceptors (Lipinski definition) is 3. The molecule has 1 aliphatic rings. The van der Waals surface area contributed by atoms with Gasteiger partial charge in [0.1, 0.15) is 0 Å². The lowest BCUT2D eigenvalue weighted by Crippen LogP contribution is -2.49. The number of likely N-dealkylation sites (N-methyl/N-ethyl adjacent to an activating group) is 1. The summed E-state index contributed by atoms with van der Waals surface area (Å²) in [5.74, 6) is 0. The summed E-state index contributed by atoms with van der Waals surface area (Å²) in [6.07, 6.45) is 0. The molecule has 1 heterocycles. The predicted octanol–water partition coefficient (Wildman–Crippen LogP) is 3.11. The van der Waals surface area contributed by atoms with Crippen LogP contribution >= 0.6 is 0 Å². The van der Waals surface area contributed by atoms with Crippen LogP contribution in [0.3, 0.4) is 0 Å². The molecule has 1 saturated heterocycles. The minimum absolute atomic E-state index is 0.152. The minimum Gasteiger partial charge on any atom is -0.337 e. The fourth-order valence-corrected chi connectivity index (χ4v) is 3.43. The zero-order valence-electron chi connectivity index (χ0n) is 15.6. The molecule has 0 aromatic heterocycles. The van der Waals surface area contributed by atoms with E-state index in [2.05, 4.69) is 57.8 Å². The highest BCUT2D eigenvalue weighted by Crippen LogP contribution is 2.24. The third-order valence-electron chi connectivity index (χ3n) is 4.84.